The van der Waals surface area contributed by atoms with Crippen LogP contribution in [0.1, 0.15) is 67.4 Å². The summed E-state index contributed by atoms with van der Waals surface area (Å²) in [5.74, 6) is 0.256. The summed E-state index contributed by atoms with van der Waals surface area (Å²) in [6, 6.07) is 11.2. The summed E-state index contributed by atoms with van der Waals surface area (Å²) in [6.45, 7) is 10.6. The van der Waals surface area contributed by atoms with Crippen molar-refractivity contribution in [3.63, 3.8) is 0 Å². The molecule has 1 saturated heterocycles. The molecule has 1 saturated carbocycles. The Bertz CT molecular complexity index is 1650. The van der Waals surface area contributed by atoms with Gasteiger partial charge in [0.15, 0.2) is 0 Å². The molecule has 1 N–H and O–H groups in total. The third kappa shape index (κ3) is 9.11. The largest absolute Gasteiger partial charge is 0.487 e. The molecule has 4 aliphatic rings. The molecular formula is C39H54ClN3O7S. The van der Waals surface area contributed by atoms with Crippen LogP contribution in [0.25, 0.3) is 0 Å². The Kier molecular flexibility index (Phi) is 12.7. The predicted molar refractivity (Wildman–Crippen MR) is 200 cm³/mol. The molecule has 12 heteroatoms. The van der Waals surface area contributed by atoms with E-state index >= 15 is 0 Å². The monoisotopic (exact) mass is 743 g/mol. The normalized spacial score (nSPS) is 29.6. The Balaban J connectivity index is 1.33. The summed E-state index contributed by atoms with van der Waals surface area (Å²) in [4.78, 5) is 18.2. The Morgan fingerprint density at radius 2 is 1.86 bits per heavy atom. The van der Waals surface area contributed by atoms with Gasteiger partial charge in [-0.3, -0.25) is 9.69 Å². The number of rotatable bonds is 6. The van der Waals surface area contributed by atoms with E-state index in [1.54, 1.807) is 32.2 Å². The van der Waals surface area contributed by atoms with Crippen molar-refractivity contribution in [2.24, 2.45) is 17.8 Å². The van der Waals surface area contributed by atoms with E-state index in [1.165, 1.54) is 5.56 Å². The third-order valence-electron chi connectivity index (χ3n) is 11.5. The van der Waals surface area contributed by atoms with Gasteiger partial charge in [0.25, 0.3) is 5.91 Å². The highest BCUT2D eigenvalue weighted by Gasteiger charge is 2.47. The van der Waals surface area contributed by atoms with Gasteiger partial charge in [-0.15, -0.1) is 0 Å². The molecule has 10 nitrogen and oxygen atoms in total. The second kappa shape index (κ2) is 17.0. The number of allylic oxidation sites excluding steroid dienone is 1. The summed E-state index contributed by atoms with van der Waals surface area (Å²) in [6.07, 6.45) is 9.50. The van der Waals surface area contributed by atoms with Crippen molar-refractivity contribution in [1.82, 2.24) is 9.62 Å². The van der Waals surface area contributed by atoms with Crippen LogP contribution >= 0.6 is 11.6 Å². The lowest BCUT2D eigenvalue weighted by molar-refractivity contribution is -0.120. The molecule has 0 radical (unpaired) electrons. The van der Waals surface area contributed by atoms with Crippen molar-refractivity contribution in [3.05, 3.63) is 70.3 Å². The number of sulfonamides is 1. The molecule has 280 valence electrons. The number of fused-ring (bicyclic) bond motifs is 3. The summed E-state index contributed by atoms with van der Waals surface area (Å²) in [5, 5.41) is -0.0911. The van der Waals surface area contributed by atoms with E-state index in [-0.39, 0.29) is 17.4 Å². The van der Waals surface area contributed by atoms with Crippen LogP contribution in [-0.2, 0) is 37.3 Å². The minimum absolute atomic E-state index is 0.187. The average Bonchev–Trinajstić information content (AvgIpc) is 3.14. The number of amides is 1. The summed E-state index contributed by atoms with van der Waals surface area (Å²) in [7, 11) is -2.20. The molecule has 2 fully saturated rings. The molecule has 3 aliphatic heterocycles. The maximum Gasteiger partial charge on any atom is 0.264 e. The van der Waals surface area contributed by atoms with Crippen LogP contribution in [-0.4, -0.2) is 96.3 Å². The highest BCUT2D eigenvalue weighted by Crippen LogP contribution is 2.46. The number of carbonyl (C=O) groups excluding carboxylic acids is 1. The van der Waals surface area contributed by atoms with Gasteiger partial charge in [-0.05, 0) is 105 Å². The van der Waals surface area contributed by atoms with Gasteiger partial charge in [-0.25, -0.2) is 13.1 Å². The van der Waals surface area contributed by atoms with E-state index < -0.39 is 26.8 Å². The van der Waals surface area contributed by atoms with E-state index in [4.69, 9.17) is 30.5 Å². The van der Waals surface area contributed by atoms with Gasteiger partial charge in [-0.2, -0.15) is 0 Å². The SMILES string of the molecule is CO[C@@]1(COCCN2CCOCC2)/C=C/C[C@H](C)[C@@H](C)S(=O)(=O)NC(=O)c2ccc3c(c2)N(CCCCc2cc(Cl)ccc2CO3)C[C@@H]2CC[C@H]21. The van der Waals surface area contributed by atoms with E-state index in [2.05, 4.69) is 26.7 Å². The van der Waals surface area contributed by atoms with Crippen LogP contribution < -0.4 is 14.4 Å². The number of ether oxygens (including phenoxy) is 4. The van der Waals surface area contributed by atoms with Crippen LogP contribution in [0, 0.1) is 17.8 Å². The van der Waals surface area contributed by atoms with Crippen molar-refractivity contribution in [3.8, 4) is 5.75 Å². The molecule has 1 aliphatic carbocycles. The molecule has 2 bridgehead atoms. The summed E-state index contributed by atoms with van der Waals surface area (Å²) in [5.41, 5.74) is 2.66. The van der Waals surface area contributed by atoms with Crippen LogP contribution in [0.2, 0.25) is 5.02 Å². The van der Waals surface area contributed by atoms with Gasteiger partial charge in [0.2, 0.25) is 10.0 Å². The molecule has 0 unspecified atom stereocenters. The van der Waals surface area contributed by atoms with Gasteiger partial charge in [0, 0.05) is 50.4 Å². The zero-order valence-electron chi connectivity index (χ0n) is 30.3. The first kappa shape index (κ1) is 38.1. The fraction of sp³-hybridized carbons (Fsp3) is 0.615. The molecule has 3 heterocycles. The smallest absolute Gasteiger partial charge is 0.264 e. The number of methoxy groups -OCH3 is 1. The zero-order valence-corrected chi connectivity index (χ0v) is 31.9. The number of hydrogen-bond acceptors (Lipinski definition) is 9. The minimum atomic E-state index is -3.97. The number of hydrogen-bond donors (Lipinski definition) is 1. The summed E-state index contributed by atoms with van der Waals surface area (Å²) >= 11 is 6.38. The molecule has 51 heavy (non-hydrogen) atoms. The highest BCUT2D eigenvalue weighted by atomic mass is 35.5. The van der Waals surface area contributed by atoms with E-state index in [0.29, 0.717) is 42.9 Å². The highest BCUT2D eigenvalue weighted by molar-refractivity contribution is 7.90. The average molecular weight is 744 g/mol. The number of aryl methyl sites for hydroxylation is 1. The number of halogens is 1. The molecule has 6 rings (SSSR count). The quantitative estimate of drug-likeness (QED) is 0.288. The number of nitrogens with one attached hydrogen (secondary N) is 1. The van der Waals surface area contributed by atoms with Gasteiger partial charge >= 0.3 is 0 Å². The minimum Gasteiger partial charge on any atom is -0.487 e. The van der Waals surface area contributed by atoms with Crippen LogP contribution in [0.5, 0.6) is 5.75 Å². The summed E-state index contributed by atoms with van der Waals surface area (Å²) < 4.78 is 54.3. The van der Waals surface area contributed by atoms with Crippen LogP contribution in [0.3, 0.4) is 0 Å². The van der Waals surface area contributed by atoms with Gasteiger partial charge in [-0.1, -0.05) is 36.7 Å². The van der Waals surface area contributed by atoms with Crippen molar-refractivity contribution >= 4 is 33.2 Å². The van der Waals surface area contributed by atoms with E-state index in [1.807, 2.05) is 25.1 Å². The third-order valence-corrected chi connectivity index (χ3v) is 13.7. The molecule has 1 amide bonds. The van der Waals surface area contributed by atoms with Crippen molar-refractivity contribution < 1.29 is 32.2 Å². The maximum atomic E-state index is 13.6. The van der Waals surface area contributed by atoms with Crippen LogP contribution in [0.4, 0.5) is 5.69 Å². The van der Waals surface area contributed by atoms with Crippen molar-refractivity contribution in [1.29, 1.82) is 0 Å². The molecule has 2 aromatic rings. The first-order valence-electron chi connectivity index (χ1n) is 18.5. The number of benzene rings is 2. The van der Waals surface area contributed by atoms with Crippen LogP contribution in [0.15, 0.2) is 48.6 Å². The Labute approximate surface area is 308 Å². The number of carbonyl (C=O) groups is 1. The van der Waals surface area contributed by atoms with E-state index in [9.17, 15) is 13.2 Å². The second-order valence-electron chi connectivity index (χ2n) is 14.7. The topological polar surface area (TPSA) is 107 Å². The standard InChI is InChI=1S/C39H54ClN3O7S/c1-28-7-6-15-39(47-3,27-49-22-19-42-17-20-48-21-18-42)35-13-10-32(35)25-43-16-5-4-8-30-23-34(40)12-9-33(30)26-50-37-14-11-31(24-36(37)43)38(44)41-51(45,46)29(28)2/h6,9,11-12,14-15,23-24,28-29,32,35H,4-5,7-8,10,13,16-22,25-27H2,1-3H3,(H,41,44)/b15-6+/t28-,29+,32-,35+,39+/m0/s1. The zero-order chi connectivity index (χ0) is 36.0. The van der Waals surface area contributed by atoms with E-state index in [0.717, 1.165) is 89.3 Å². The lowest BCUT2D eigenvalue weighted by Gasteiger charge is -2.49. The molecule has 0 aromatic heterocycles. The fourth-order valence-electron chi connectivity index (χ4n) is 7.86. The maximum absolute atomic E-state index is 13.6. The van der Waals surface area contributed by atoms with Gasteiger partial charge in [0.1, 0.15) is 18.0 Å². The number of anilines is 1. The first-order chi connectivity index (χ1) is 24.6. The van der Waals surface area contributed by atoms with Gasteiger partial charge in [0.05, 0.1) is 37.4 Å². The lowest BCUT2D eigenvalue weighted by atomic mass is 9.64. The Hall–Kier alpha value is -2.67. The van der Waals surface area contributed by atoms with Crippen molar-refractivity contribution in [2.45, 2.75) is 69.8 Å². The number of morpholine rings is 1. The van der Waals surface area contributed by atoms with Crippen molar-refractivity contribution in [2.75, 3.05) is 71.2 Å². The first-order valence-corrected chi connectivity index (χ1v) is 20.5. The Morgan fingerprint density at radius 3 is 2.63 bits per heavy atom. The number of nitrogens with zero attached hydrogens (tertiary/aromatic N) is 2. The Morgan fingerprint density at radius 1 is 1.04 bits per heavy atom. The fourth-order valence-corrected chi connectivity index (χ4v) is 9.34. The molecular weight excluding hydrogens is 690 g/mol. The molecule has 5 atom stereocenters. The second-order valence-corrected chi connectivity index (χ2v) is 17.2. The lowest BCUT2D eigenvalue weighted by Crippen LogP contribution is -2.53. The van der Waals surface area contributed by atoms with Gasteiger partial charge < -0.3 is 23.8 Å². The molecule has 0 spiro atoms. The predicted octanol–water partition coefficient (Wildman–Crippen LogP) is 5.87. The molecule has 2 aromatic carbocycles.